The van der Waals surface area contributed by atoms with Crippen LogP contribution in [0.5, 0.6) is 0 Å². The van der Waals surface area contributed by atoms with Crippen molar-refractivity contribution in [2.45, 2.75) is 18.2 Å². The van der Waals surface area contributed by atoms with Gasteiger partial charge < -0.3 is 4.74 Å². The summed E-state index contributed by atoms with van der Waals surface area (Å²) in [5.41, 5.74) is 0.536. The highest BCUT2D eigenvalue weighted by Gasteiger charge is 2.10. The predicted molar refractivity (Wildman–Crippen MR) is 57.1 cm³/mol. The fourth-order valence-corrected chi connectivity index (χ4v) is 1.45. The maximum absolute atomic E-state index is 11.5. The van der Waals surface area contributed by atoms with Gasteiger partial charge in [-0.3, -0.25) is 5.14 Å². The molecular weight excluding hydrogens is 198 g/mol. The Morgan fingerprint density at radius 1 is 1.50 bits per heavy atom. The third kappa shape index (κ3) is 2.75. The maximum Gasteiger partial charge on any atom is 0.339 e. The molecule has 4 heteroatoms. The van der Waals surface area contributed by atoms with Crippen molar-refractivity contribution in [2.24, 2.45) is 5.14 Å². The number of nitrogens with two attached hydrogens (primary N) is 1. The molecule has 76 valence electrons. The summed E-state index contributed by atoms with van der Waals surface area (Å²) >= 11 is 1.06. The molecule has 2 N–H and O–H groups in total. The van der Waals surface area contributed by atoms with Crippen molar-refractivity contribution in [3.05, 3.63) is 29.8 Å². The van der Waals surface area contributed by atoms with Gasteiger partial charge in [-0.1, -0.05) is 19.1 Å². The van der Waals surface area contributed by atoms with E-state index in [-0.39, 0.29) is 5.97 Å². The van der Waals surface area contributed by atoms with Crippen molar-refractivity contribution in [2.75, 3.05) is 6.61 Å². The Morgan fingerprint density at radius 2 is 2.21 bits per heavy atom. The van der Waals surface area contributed by atoms with Gasteiger partial charge in [0, 0.05) is 4.90 Å². The molecule has 0 heterocycles. The number of hydrogen-bond donors (Lipinski definition) is 1. The molecule has 1 rings (SSSR count). The topological polar surface area (TPSA) is 52.3 Å². The number of benzene rings is 1. The number of rotatable bonds is 4. The molecule has 0 aliphatic rings. The molecule has 0 amide bonds. The average Bonchev–Trinajstić information content (AvgIpc) is 2.25. The molecule has 3 nitrogen and oxygen atoms in total. The molecular formula is C10H13NO2S. The summed E-state index contributed by atoms with van der Waals surface area (Å²) in [6, 6.07) is 7.15. The summed E-state index contributed by atoms with van der Waals surface area (Å²) in [6.07, 6.45) is 0.823. The van der Waals surface area contributed by atoms with E-state index in [9.17, 15) is 4.79 Å². The van der Waals surface area contributed by atoms with Gasteiger partial charge in [0.05, 0.1) is 12.2 Å². The van der Waals surface area contributed by atoms with E-state index in [4.69, 9.17) is 9.88 Å². The molecule has 0 saturated carbocycles. The van der Waals surface area contributed by atoms with Crippen molar-refractivity contribution < 1.29 is 9.53 Å². The number of hydrogen-bond acceptors (Lipinski definition) is 4. The van der Waals surface area contributed by atoms with Gasteiger partial charge in [-0.2, -0.15) is 0 Å². The lowest BCUT2D eigenvalue weighted by atomic mass is 10.2. The standard InChI is InChI=1S/C10H13NO2S/c1-2-7-13-10(12)8-5-3-4-6-9(8)14-11/h3-6H,2,7,11H2,1H3. The predicted octanol–water partition coefficient (Wildman–Crippen LogP) is 2.22. The zero-order chi connectivity index (χ0) is 10.4. The smallest absolute Gasteiger partial charge is 0.339 e. The highest BCUT2D eigenvalue weighted by molar-refractivity contribution is 7.97. The summed E-state index contributed by atoms with van der Waals surface area (Å²) in [6.45, 7) is 2.40. The Kier molecular flexibility index (Phi) is 4.49. The first-order chi connectivity index (χ1) is 6.79. The van der Waals surface area contributed by atoms with E-state index >= 15 is 0 Å². The van der Waals surface area contributed by atoms with E-state index in [2.05, 4.69) is 0 Å². The molecule has 0 spiro atoms. The number of carbonyl (C=O) groups excluding carboxylic acids is 1. The molecule has 0 fully saturated rings. The van der Waals surface area contributed by atoms with Gasteiger partial charge in [0.15, 0.2) is 0 Å². The molecule has 0 saturated heterocycles. The van der Waals surface area contributed by atoms with Gasteiger partial charge in [0.25, 0.3) is 0 Å². The van der Waals surface area contributed by atoms with E-state index < -0.39 is 0 Å². The van der Waals surface area contributed by atoms with Gasteiger partial charge in [0.1, 0.15) is 0 Å². The normalized spacial score (nSPS) is 9.86. The third-order valence-electron chi connectivity index (χ3n) is 1.67. The van der Waals surface area contributed by atoms with Crippen LogP contribution in [0.2, 0.25) is 0 Å². The van der Waals surface area contributed by atoms with Crippen LogP contribution in [-0.2, 0) is 4.74 Å². The van der Waals surface area contributed by atoms with E-state index in [1.54, 1.807) is 18.2 Å². The largest absolute Gasteiger partial charge is 0.462 e. The zero-order valence-corrected chi connectivity index (χ0v) is 8.84. The second-order valence-electron chi connectivity index (χ2n) is 2.75. The Hall–Kier alpha value is -1.00. The van der Waals surface area contributed by atoms with E-state index in [1.165, 1.54) is 0 Å². The van der Waals surface area contributed by atoms with E-state index in [0.717, 1.165) is 23.3 Å². The highest BCUT2D eigenvalue weighted by atomic mass is 32.2. The minimum Gasteiger partial charge on any atom is -0.462 e. The summed E-state index contributed by atoms with van der Waals surface area (Å²) in [7, 11) is 0. The maximum atomic E-state index is 11.5. The van der Waals surface area contributed by atoms with Gasteiger partial charge in [-0.25, -0.2) is 4.79 Å². The summed E-state index contributed by atoms with van der Waals surface area (Å²) in [5, 5.41) is 5.43. The quantitative estimate of drug-likeness (QED) is 0.613. The molecule has 1 aromatic rings. The summed E-state index contributed by atoms with van der Waals surface area (Å²) in [5.74, 6) is -0.305. The second kappa shape index (κ2) is 5.67. The van der Waals surface area contributed by atoms with Crippen LogP contribution >= 0.6 is 11.9 Å². The van der Waals surface area contributed by atoms with Crippen molar-refractivity contribution in [1.29, 1.82) is 0 Å². The minimum atomic E-state index is -0.305. The molecule has 0 bridgehead atoms. The minimum absolute atomic E-state index is 0.305. The van der Waals surface area contributed by atoms with Crippen LogP contribution in [-0.4, -0.2) is 12.6 Å². The third-order valence-corrected chi connectivity index (χ3v) is 2.28. The van der Waals surface area contributed by atoms with Gasteiger partial charge in [-0.15, -0.1) is 0 Å². The zero-order valence-electron chi connectivity index (χ0n) is 8.03. The molecule has 0 atom stereocenters. The van der Waals surface area contributed by atoms with Crippen LogP contribution in [0, 0.1) is 0 Å². The van der Waals surface area contributed by atoms with Crippen LogP contribution in [0.3, 0.4) is 0 Å². The van der Waals surface area contributed by atoms with Crippen LogP contribution in [0.1, 0.15) is 23.7 Å². The molecule has 0 unspecified atom stereocenters. The lowest BCUT2D eigenvalue weighted by Gasteiger charge is -2.06. The fraction of sp³-hybridized carbons (Fsp3) is 0.300. The van der Waals surface area contributed by atoms with Gasteiger partial charge in [-0.05, 0) is 30.5 Å². The molecule has 0 aliphatic heterocycles. The SMILES string of the molecule is CCCOC(=O)c1ccccc1SN. The van der Waals surface area contributed by atoms with Gasteiger partial charge >= 0.3 is 5.97 Å². The first kappa shape index (κ1) is 11.1. The van der Waals surface area contributed by atoms with Crippen LogP contribution in [0.4, 0.5) is 0 Å². The molecule has 0 aromatic heterocycles. The Morgan fingerprint density at radius 3 is 2.86 bits per heavy atom. The van der Waals surface area contributed by atoms with Crippen LogP contribution in [0.15, 0.2) is 29.2 Å². The lowest BCUT2D eigenvalue weighted by molar-refractivity contribution is 0.0501. The van der Waals surface area contributed by atoms with Crippen LogP contribution in [0.25, 0.3) is 0 Å². The van der Waals surface area contributed by atoms with Crippen molar-refractivity contribution in [3.8, 4) is 0 Å². The lowest BCUT2D eigenvalue weighted by Crippen LogP contribution is -2.07. The Labute approximate surface area is 87.8 Å². The van der Waals surface area contributed by atoms with E-state index in [0.29, 0.717) is 12.2 Å². The first-order valence-electron chi connectivity index (χ1n) is 4.42. The highest BCUT2D eigenvalue weighted by Crippen LogP contribution is 2.18. The molecule has 0 radical (unpaired) electrons. The van der Waals surface area contributed by atoms with Crippen molar-refractivity contribution in [1.82, 2.24) is 0 Å². The average molecular weight is 211 g/mol. The molecule has 1 aromatic carbocycles. The number of ether oxygens (including phenoxy) is 1. The Balaban J connectivity index is 2.78. The van der Waals surface area contributed by atoms with Crippen molar-refractivity contribution >= 4 is 17.9 Å². The first-order valence-corrected chi connectivity index (χ1v) is 5.30. The van der Waals surface area contributed by atoms with E-state index in [1.807, 2.05) is 13.0 Å². The van der Waals surface area contributed by atoms with Crippen LogP contribution < -0.4 is 5.14 Å². The van der Waals surface area contributed by atoms with Gasteiger partial charge in [0.2, 0.25) is 0 Å². The number of carbonyl (C=O) groups is 1. The monoisotopic (exact) mass is 211 g/mol. The molecule has 0 aliphatic carbocycles. The van der Waals surface area contributed by atoms with Crippen molar-refractivity contribution in [3.63, 3.8) is 0 Å². The summed E-state index contributed by atoms with van der Waals surface area (Å²) < 4.78 is 5.01. The number of esters is 1. The molecule has 14 heavy (non-hydrogen) atoms. The fourth-order valence-electron chi connectivity index (χ4n) is 1.01. The second-order valence-corrected chi connectivity index (χ2v) is 3.43. The summed E-state index contributed by atoms with van der Waals surface area (Å²) in [4.78, 5) is 12.2. The Bertz CT molecular complexity index is 315.